The number of carbonyl (C=O) groups excluding carboxylic acids is 1. The number of nitrogens with zero attached hydrogens (tertiary/aromatic N) is 6. The van der Waals surface area contributed by atoms with E-state index >= 15 is 0 Å². The lowest BCUT2D eigenvalue weighted by atomic mass is 10.1. The van der Waals surface area contributed by atoms with E-state index < -0.39 is 0 Å². The van der Waals surface area contributed by atoms with Gasteiger partial charge in [-0.25, -0.2) is 5.01 Å². The molecule has 1 aliphatic heterocycles. The standard InChI is InChI=1S/C20H16N6O4S/c27-14-7-5-13(6-8-14)25-20(21-23-24-25)31-12-19(28)26-16(18-4-2-10-30-18)11-15(22-26)17-3-1-9-29-17/h1-10,16,27H,11-12H2. The normalized spacial score (nSPS) is 15.9. The molecule has 1 N–H and O–H groups in total. The van der Waals surface area contributed by atoms with Gasteiger partial charge in [0.25, 0.3) is 5.91 Å². The molecule has 31 heavy (non-hydrogen) atoms. The number of aromatic hydroxyl groups is 1. The molecule has 1 unspecified atom stereocenters. The quantitative estimate of drug-likeness (QED) is 0.458. The average molecular weight is 436 g/mol. The molecule has 5 rings (SSSR count). The van der Waals surface area contributed by atoms with Crippen molar-refractivity contribution in [3.8, 4) is 11.4 Å². The van der Waals surface area contributed by atoms with Crippen LogP contribution < -0.4 is 0 Å². The Labute approximate surface area is 180 Å². The molecule has 156 valence electrons. The number of aromatic nitrogens is 4. The van der Waals surface area contributed by atoms with Gasteiger partial charge < -0.3 is 13.9 Å². The smallest absolute Gasteiger partial charge is 0.253 e. The van der Waals surface area contributed by atoms with E-state index in [4.69, 9.17) is 8.83 Å². The Hall–Kier alpha value is -3.86. The summed E-state index contributed by atoms with van der Waals surface area (Å²) in [4.78, 5) is 13.1. The van der Waals surface area contributed by atoms with E-state index in [1.54, 1.807) is 48.9 Å². The molecule has 0 bridgehead atoms. The van der Waals surface area contributed by atoms with Gasteiger partial charge >= 0.3 is 0 Å². The first-order valence-corrected chi connectivity index (χ1v) is 10.3. The first kappa shape index (κ1) is 19.1. The monoisotopic (exact) mass is 436 g/mol. The maximum absolute atomic E-state index is 13.1. The van der Waals surface area contributed by atoms with E-state index in [1.165, 1.54) is 21.5 Å². The minimum absolute atomic E-state index is 0.0740. The molecular formula is C20H16N6O4S. The molecule has 4 aromatic rings. The van der Waals surface area contributed by atoms with Crippen molar-refractivity contribution in [1.29, 1.82) is 0 Å². The number of rotatable bonds is 6. The Balaban J connectivity index is 1.34. The van der Waals surface area contributed by atoms with Gasteiger partial charge in [-0.2, -0.15) is 9.78 Å². The van der Waals surface area contributed by atoms with Crippen molar-refractivity contribution in [3.63, 3.8) is 0 Å². The second-order valence-corrected chi connectivity index (χ2v) is 7.62. The zero-order valence-electron chi connectivity index (χ0n) is 16.0. The van der Waals surface area contributed by atoms with Gasteiger partial charge in [-0.05, 0) is 59.0 Å². The molecule has 1 atom stereocenters. The molecule has 0 radical (unpaired) electrons. The van der Waals surface area contributed by atoms with E-state index in [2.05, 4.69) is 20.6 Å². The number of furan rings is 2. The Kier molecular flexibility index (Phi) is 5.00. The van der Waals surface area contributed by atoms with E-state index in [0.29, 0.717) is 34.5 Å². The number of hydrazone groups is 1. The second kappa shape index (κ2) is 8.11. The van der Waals surface area contributed by atoms with Gasteiger partial charge in [0.05, 0.1) is 24.0 Å². The highest BCUT2D eigenvalue weighted by Crippen LogP contribution is 2.34. The first-order chi connectivity index (χ1) is 15.2. The highest BCUT2D eigenvalue weighted by Gasteiger charge is 2.35. The molecule has 1 aromatic carbocycles. The molecule has 11 heteroatoms. The van der Waals surface area contributed by atoms with Gasteiger partial charge in [0.1, 0.15) is 29.0 Å². The number of thioether (sulfide) groups is 1. The summed E-state index contributed by atoms with van der Waals surface area (Å²) in [5.74, 6) is 1.27. The van der Waals surface area contributed by atoms with Crippen LogP contribution in [0.2, 0.25) is 0 Å². The predicted molar refractivity (Wildman–Crippen MR) is 110 cm³/mol. The number of phenolic OH excluding ortho intramolecular Hbond substituents is 1. The van der Waals surface area contributed by atoms with Gasteiger partial charge in [-0.1, -0.05) is 11.8 Å². The van der Waals surface area contributed by atoms with Crippen molar-refractivity contribution >= 4 is 23.4 Å². The number of hydrogen-bond acceptors (Lipinski definition) is 9. The van der Waals surface area contributed by atoms with E-state index in [9.17, 15) is 9.90 Å². The van der Waals surface area contributed by atoms with Crippen molar-refractivity contribution in [2.45, 2.75) is 17.6 Å². The zero-order valence-corrected chi connectivity index (χ0v) is 16.8. The van der Waals surface area contributed by atoms with Gasteiger partial charge in [0.15, 0.2) is 0 Å². The SMILES string of the molecule is O=C(CSc1nnnn1-c1ccc(O)cc1)N1N=C(c2ccco2)CC1c1ccco1. The summed E-state index contributed by atoms with van der Waals surface area (Å²) in [5.41, 5.74) is 1.35. The maximum atomic E-state index is 13.1. The van der Waals surface area contributed by atoms with Gasteiger partial charge in [-0.15, -0.1) is 5.10 Å². The lowest BCUT2D eigenvalue weighted by Crippen LogP contribution is -2.28. The summed E-state index contributed by atoms with van der Waals surface area (Å²) < 4.78 is 12.5. The third kappa shape index (κ3) is 3.82. The maximum Gasteiger partial charge on any atom is 0.253 e. The first-order valence-electron chi connectivity index (χ1n) is 9.36. The topological polar surface area (TPSA) is 123 Å². The molecule has 0 fully saturated rings. The van der Waals surface area contributed by atoms with Crippen LogP contribution in [0, 0.1) is 0 Å². The fourth-order valence-electron chi connectivity index (χ4n) is 3.25. The molecule has 0 aliphatic carbocycles. The molecule has 0 saturated carbocycles. The van der Waals surface area contributed by atoms with Crippen LogP contribution in [0.15, 0.2) is 80.1 Å². The molecule has 0 saturated heterocycles. The molecule has 4 heterocycles. The van der Waals surface area contributed by atoms with Crippen molar-refractivity contribution in [2.75, 3.05) is 5.75 Å². The average Bonchev–Trinajstić information content (AvgIpc) is 3.58. The zero-order chi connectivity index (χ0) is 21.2. The molecule has 0 spiro atoms. The largest absolute Gasteiger partial charge is 0.508 e. The van der Waals surface area contributed by atoms with E-state index in [1.807, 2.05) is 12.1 Å². The van der Waals surface area contributed by atoms with Crippen molar-refractivity contribution in [1.82, 2.24) is 25.2 Å². The van der Waals surface area contributed by atoms with Crippen LogP contribution in [0.5, 0.6) is 5.75 Å². The number of tetrazole rings is 1. The Morgan fingerprint density at radius 3 is 2.68 bits per heavy atom. The van der Waals surface area contributed by atoms with Gasteiger partial charge in [0, 0.05) is 6.42 Å². The van der Waals surface area contributed by atoms with Crippen LogP contribution in [0.25, 0.3) is 5.69 Å². The molecule has 1 amide bonds. The molecular weight excluding hydrogens is 420 g/mol. The number of hydrogen-bond donors (Lipinski definition) is 1. The van der Waals surface area contributed by atoms with Gasteiger partial charge in [0.2, 0.25) is 5.16 Å². The molecule has 3 aromatic heterocycles. The highest BCUT2D eigenvalue weighted by molar-refractivity contribution is 7.99. The fourth-order valence-corrected chi connectivity index (χ4v) is 3.99. The Morgan fingerprint density at radius 1 is 1.13 bits per heavy atom. The fraction of sp³-hybridized carbons (Fsp3) is 0.150. The van der Waals surface area contributed by atoms with Gasteiger partial charge in [-0.3, -0.25) is 4.79 Å². The Morgan fingerprint density at radius 2 is 1.94 bits per heavy atom. The molecule has 10 nitrogen and oxygen atoms in total. The van der Waals surface area contributed by atoms with Crippen LogP contribution in [-0.2, 0) is 4.79 Å². The summed E-state index contributed by atoms with van der Waals surface area (Å²) in [6.07, 6.45) is 3.63. The summed E-state index contributed by atoms with van der Waals surface area (Å²) in [5, 5.41) is 27.5. The lowest BCUT2D eigenvalue weighted by Gasteiger charge is -2.19. The number of benzene rings is 1. The summed E-state index contributed by atoms with van der Waals surface area (Å²) in [6.45, 7) is 0. The van der Waals surface area contributed by atoms with E-state index in [-0.39, 0.29) is 23.5 Å². The summed E-state index contributed by atoms with van der Waals surface area (Å²) in [7, 11) is 0. The number of carbonyl (C=O) groups is 1. The second-order valence-electron chi connectivity index (χ2n) is 6.68. The number of amides is 1. The predicted octanol–water partition coefficient (Wildman–Crippen LogP) is 3.02. The number of phenols is 1. The summed E-state index contributed by atoms with van der Waals surface area (Å²) in [6, 6.07) is 13.3. The van der Waals surface area contributed by atoms with Crippen molar-refractivity contribution in [2.24, 2.45) is 5.10 Å². The minimum Gasteiger partial charge on any atom is -0.508 e. The van der Waals surface area contributed by atoms with Crippen LogP contribution in [0.1, 0.15) is 24.0 Å². The Bertz CT molecular complexity index is 1200. The third-order valence-corrected chi connectivity index (χ3v) is 5.61. The lowest BCUT2D eigenvalue weighted by molar-refractivity contribution is -0.130. The highest BCUT2D eigenvalue weighted by atomic mass is 32.2. The minimum atomic E-state index is -0.351. The van der Waals surface area contributed by atoms with Crippen LogP contribution in [0.4, 0.5) is 0 Å². The van der Waals surface area contributed by atoms with Crippen molar-refractivity contribution in [3.05, 3.63) is 72.6 Å². The van der Waals surface area contributed by atoms with Crippen LogP contribution in [-0.4, -0.2) is 47.7 Å². The summed E-state index contributed by atoms with van der Waals surface area (Å²) >= 11 is 1.20. The third-order valence-electron chi connectivity index (χ3n) is 4.70. The van der Waals surface area contributed by atoms with Crippen LogP contribution >= 0.6 is 11.8 Å². The van der Waals surface area contributed by atoms with Crippen molar-refractivity contribution < 1.29 is 18.7 Å². The molecule has 1 aliphatic rings. The van der Waals surface area contributed by atoms with E-state index in [0.717, 1.165) is 0 Å². The van der Waals surface area contributed by atoms with Crippen LogP contribution in [0.3, 0.4) is 0 Å².